The van der Waals surface area contributed by atoms with E-state index in [1.54, 1.807) is 36.4 Å². The number of carbonyl (C=O) groups is 2. The molecule has 0 saturated heterocycles. The molecule has 0 fully saturated rings. The topological polar surface area (TPSA) is 98.2 Å². The molecule has 0 heterocycles. The molecule has 2 rings (SSSR count). The Kier molecular flexibility index (Phi) is 7.82. The molecule has 28 heavy (non-hydrogen) atoms. The first kappa shape index (κ1) is 21.2. The molecule has 2 amide bonds. The molecule has 0 radical (unpaired) electrons. The third-order valence-corrected chi connectivity index (χ3v) is 4.08. The van der Waals surface area contributed by atoms with Crippen LogP contribution in [0.2, 0.25) is 0 Å². The van der Waals surface area contributed by atoms with Gasteiger partial charge in [0.05, 0.1) is 34.1 Å². The van der Waals surface area contributed by atoms with Crippen LogP contribution in [0.5, 0.6) is 17.2 Å². The predicted octanol–water partition coefficient (Wildman–Crippen LogP) is 2.35. The average molecular weight is 450 g/mol. The van der Waals surface area contributed by atoms with Gasteiger partial charge in [0.1, 0.15) is 0 Å². The lowest BCUT2D eigenvalue weighted by molar-refractivity contribution is -0.120. The highest BCUT2D eigenvalue weighted by molar-refractivity contribution is 9.10. The van der Waals surface area contributed by atoms with E-state index in [0.717, 1.165) is 4.47 Å². The lowest BCUT2D eigenvalue weighted by Gasteiger charge is -2.12. The molecular weight excluding hydrogens is 430 g/mol. The summed E-state index contributed by atoms with van der Waals surface area (Å²) in [6.45, 7) is -0.210. The quantitative estimate of drug-likeness (QED) is 0.476. The van der Waals surface area contributed by atoms with Gasteiger partial charge in [0.15, 0.2) is 11.5 Å². The van der Waals surface area contributed by atoms with Gasteiger partial charge >= 0.3 is 0 Å². The van der Waals surface area contributed by atoms with Gasteiger partial charge in [-0.2, -0.15) is 5.10 Å². The molecule has 148 valence electrons. The largest absolute Gasteiger partial charge is 0.493 e. The number of amides is 2. The monoisotopic (exact) mass is 449 g/mol. The smallest absolute Gasteiger partial charge is 0.259 e. The van der Waals surface area contributed by atoms with Crippen molar-refractivity contribution in [1.82, 2.24) is 10.7 Å². The second-order valence-corrected chi connectivity index (χ2v) is 6.36. The first-order valence-corrected chi connectivity index (χ1v) is 8.93. The average Bonchev–Trinajstić information content (AvgIpc) is 2.71. The molecule has 0 saturated carbocycles. The number of hydrazone groups is 1. The van der Waals surface area contributed by atoms with Crippen LogP contribution in [-0.4, -0.2) is 45.9 Å². The molecule has 0 unspecified atom stereocenters. The fraction of sp³-hybridized carbons (Fsp3) is 0.211. The fourth-order valence-corrected chi connectivity index (χ4v) is 2.69. The van der Waals surface area contributed by atoms with Crippen molar-refractivity contribution in [2.45, 2.75) is 0 Å². The van der Waals surface area contributed by atoms with Crippen molar-refractivity contribution in [3.8, 4) is 17.2 Å². The van der Waals surface area contributed by atoms with Crippen molar-refractivity contribution >= 4 is 34.0 Å². The maximum Gasteiger partial charge on any atom is 0.259 e. The molecule has 2 N–H and O–H groups in total. The Labute approximate surface area is 171 Å². The fourth-order valence-electron chi connectivity index (χ4n) is 2.29. The van der Waals surface area contributed by atoms with Gasteiger partial charge in [-0.3, -0.25) is 9.59 Å². The summed E-state index contributed by atoms with van der Waals surface area (Å²) < 4.78 is 16.5. The van der Waals surface area contributed by atoms with E-state index in [9.17, 15) is 9.59 Å². The number of nitrogens with zero attached hydrogens (tertiary/aromatic N) is 1. The minimum Gasteiger partial charge on any atom is -0.493 e. The molecule has 0 bridgehead atoms. The van der Waals surface area contributed by atoms with Gasteiger partial charge in [0.25, 0.3) is 11.8 Å². The van der Waals surface area contributed by atoms with E-state index >= 15 is 0 Å². The molecule has 2 aromatic rings. The minimum absolute atomic E-state index is 0.210. The van der Waals surface area contributed by atoms with Gasteiger partial charge in [0.2, 0.25) is 5.75 Å². The first-order chi connectivity index (χ1) is 13.5. The standard InChI is InChI=1S/C19H20BrN3O5/c1-26-15-7-12(8-16(27-2)18(15)28-3)10-22-23-17(24)11-21-19(25)13-5-4-6-14(20)9-13/h4-10H,11H2,1-3H3,(H,21,25)(H,23,24)/b22-10+. The number of nitrogens with one attached hydrogen (secondary N) is 2. The molecule has 9 heteroatoms. The van der Waals surface area contributed by atoms with Gasteiger partial charge in [-0.1, -0.05) is 22.0 Å². The molecule has 0 aliphatic carbocycles. The van der Waals surface area contributed by atoms with Crippen molar-refractivity contribution in [3.05, 3.63) is 52.0 Å². The summed E-state index contributed by atoms with van der Waals surface area (Å²) in [5.74, 6) is 0.574. The second kappa shape index (κ2) is 10.3. The van der Waals surface area contributed by atoms with Crippen molar-refractivity contribution in [1.29, 1.82) is 0 Å². The molecule has 0 aromatic heterocycles. The van der Waals surface area contributed by atoms with E-state index in [0.29, 0.717) is 28.4 Å². The molecule has 0 atom stereocenters. The maximum absolute atomic E-state index is 12.0. The zero-order chi connectivity index (χ0) is 20.5. The van der Waals surface area contributed by atoms with Crippen LogP contribution in [0.15, 0.2) is 46.0 Å². The van der Waals surface area contributed by atoms with E-state index in [2.05, 4.69) is 31.8 Å². The Morgan fingerprint density at radius 2 is 1.75 bits per heavy atom. The molecule has 2 aromatic carbocycles. The molecule has 0 spiro atoms. The number of hydrogen-bond donors (Lipinski definition) is 2. The van der Waals surface area contributed by atoms with Crippen molar-refractivity contribution < 1.29 is 23.8 Å². The summed E-state index contributed by atoms with van der Waals surface area (Å²) in [7, 11) is 4.53. The van der Waals surface area contributed by atoms with Crippen molar-refractivity contribution in [2.24, 2.45) is 5.10 Å². The number of carbonyl (C=O) groups excluding carboxylic acids is 2. The SMILES string of the molecule is COc1cc(/C=N/NC(=O)CNC(=O)c2cccc(Br)c2)cc(OC)c1OC. The number of rotatable bonds is 8. The van der Waals surface area contributed by atoms with Crippen LogP contribution in [-0.2, 0) is 4.79 Å². The lowest BCUT2D eigenvalue weighted by Crippen LogP contribution is -2.34. The Balaban J connectivity index is 1.93. The number of hydrogen-bond acceptors (Lipinski definition) is 6. The molecule has 0 aliphatic rings. The Hall–Kier alpha value is -3.07. The summed E-state index contributed by atoms with van der Waals surface area (Å²) in [6, 6.07) is 10.2. The lowest BCUT2D eigenvalue weighted by atomic mass is 10.2. The Bertz CT molecular complexity index is 861. The second-order valence-electron chi connectivity index (χ2n) is 5.44. The van der Waals surface area contributed by atoms with Gasteiger partial charge in [-0.05, 0) is 30.3 Å². The van der Waals surface area contributed by atoms with Gasteiger partial charge in [-0.25, -0.2) is 5.43 Å². The van der Waals surface area contributed by atoms with Gasteiger partial charge in [-0.15, -0.1) is 0 Å². The maximum atomic E-state index is 12.0. The van der Waals surface area contributed by atoms with Gasteiger partial charge < -0.3 is 19.5 Å². The predicted molar refractivity (Wildman–Crippen MR) is 108 cm³/mol. The summed E-state index contributed by atoms with van der Waals surface area (Å²) >= 11 is 3.29. The molecule has 8 nitrogen and oxygen atoms in total. The van der Waals surface area contributed by atoms with E-state index in [1.165, 1.54) is 27.5 Å². The summed E-state index contributed by atoms with van der Waals surface area (Å²) in [5.41, 5.74) is 3.43. The summed E-state index contributed by atoms with van der Waals surface area (Å²) in [6.07, 6.45) is 1.43. The van der Waals surface area contributed by atoms with Crippen LogP contribution in [0.3, 0.4) is 0 Å². The highest BCUT2D eigenvalue weighted by atomic mass is 79.9. The Morgan fingerprint density at radius 3 is 2.32 bits per heavy atom. The number of methoxy groups -OCH3 is 3. The highest BCUT2D eigenvalue weighted by Gasteiger charge is 2.12. The zero-order valence-corrected chi connectivity index (χ0v) is 17.2. The molecular formula is C19H20BrN3O5. The van der Waals surface area contributed by atoms with Crippen molar-refractivity contribution in [3.63, 3.8) is 0 Å². The van der Waals surface area contributed by atoms with Crippen LogP contribution < -0.4 is 25.0 Å². The zero-order valence-electron chi connectivity index (χ0n) is 15.6. The number of benzene rings is 2. The highest BCUT2D eigenvalue weighted by Crippen LogP contribution is 2.37. The first-order valence-electron chi connectivity index (χ1n) is 8.14. The van der Waals surface area contributed by atoms with Crippen molar-refractivity contribution in [2.75, 3.05) is 27.9 Å². The summed E-state index contributed by atoms with van der Waals surface area (Å²) in [4.78, 5) is 23.9. The van der Waals surface area contributed by atoms with Crippen LogP contribution in [0.1, 0.15) is 15.9 Å². The third-order valence-electron chi connectivity index (χ3n) is 3.59. The van der Waals surface area contributed by atoms with Crippen LogP contribution in [0.25, 0.3) is 0 Å². The normalized spacial score (nSPS) is 10.4. The van der Waals surface area contributed by atoms with Gasteiger partial charge in [0, 0.05) is 15.6 Å². The summed E-state index contributed by atoms with van der Waals surface area (Å²) in [5, 5.41) is 6.40. The Morgan fingerprint density at radius 1 is 1.07 bits per heavy atom. The number of ether oxygens (including phenoxy) is 3. The van der Waals surface area contributed by atoms with Crippen LogP contribution in [0.4, 0.5) is 0 Å². The number of halogens is 1. The third kappa shape index (κ3) is 5.71. The van der Waals surface area contributed by atoms with E-state index in [-0.39, 0.29) is 12.5 Å². The molecule has 0 aliphatic heterocycles. The minimum atomic E-state index is -0.466. The van der Waals surface area contributed by atoms with E-state index in [4.69, 9.17) is 14.2 Å². The van der Waals surface area contributed by atoms with E-state index < -0.39 is 5.91 Å². The van der Waals surface area contributed by atoms with Crippen LogP contribution >= 0.6 is 15.9 Å². The van der Waals surface area contributed by atoms with Crippen LogP contribution in [0, 0.1) is 0 Å². The van der Waals surface area contributed by atoms with E-state index in [1.807, 2.05) is 0 Å².